The second kappa shape index (κ2) is 11.0. The van der Waals surface area contributed by atoms with Gasteiger partial charge in [-0.25, -0.2) is 28.4 Å². The number of alkyl halides is 3. The summed E-state index contributed by atoms with van der Waals surface area (Å²) in [6, 6.07) is 2.61. The van der Waals surface area contributed by atoms with Crippen molar-refractivity contribution in [2.75, 3.05) is 0 Å². The van der Waals surface area contributed by atoms with Crippen LogP contribution in [0.15, 0.2) is 48.2 Å². The molecule has 1 amide bonds. The number of rotatable bonds is 9. The molecule has 0 saturated heterocycles. The number of hydrogen-bond acceptors (Lipinski definition) is 7. The number of carboxylic acid groups (broad SMARTS) is 1. The van der Waals surface area contributed by atoms with Crippen LogP contribution in [-0.2, 0) is 17.4 Å². The largest absolute Gasteiger partial charge is 0.481 e. The molecule has 0 unspecified atom stereocenters. The molecule has 198 valence electrons. The van der Waals surface area contributed by atoms with Gasteiger partial charge in [-0.15, -0.1) is 11.3 Å². The number of benzene rings is 1. The van der Waals surface area contributed by atoms with Gasteiger partial charge in [-0.1, -0.05) is 6.07 Å². The first-order valence-electron chi connectivity index (χ1n) is 10.9. The molecule has 0 aliphatic carbocycles. The Morgan fingerprint density at radius 1 is 1.13 bits per heavy atom. The van der Waals surface area contributed by atoms with Crippen LogP contribution >= 0.6 is 11.3 Å². The van der Waals surface area contributed by atoms with Crippen LogP contribution in [0.5, 0.6) is 0 Å². The number of carbonyl (C=O) groups excluding carboxylic acids is 1. The molecule has 15 heteroatoms. The highest BCUT2D eigenvalue weighted by Gasteiger charge is 2.37. The molecule has 9 nitrogen and oxygen atoms in total. The summed E-state index contributed by atoms with van der Waals surface area (Å²) in [5, 5.41) is 17.4. The summed E-state index contributed by atoms with van der Waals surface area (Å²) < 4.78 is 69.6. The fourth-order valence-electron chi connectivity index (χ4n) is 3.59. The Labute approximate surface area is 215 Å². The predicted molar refractivity (Wildman–Crippen MR) is 123 cm³/mol. The molecule has 38 heavy (non-hydrogen) atoms. The van der Waals surface area contributed by atoms with Crippen LogP contribution in [0.4, 0.5) is 22.0 Å². The smallest absolute Gasteiger partial charge is 0.418 e. The minimum atomic E-state index is -4.93. The fraction of sp³-hybridized carbons (Fsp3) is 0.217. The van der Waals surface area contributed by atoms with Gasteiger partial charge in [0.1, 0.15) is 28.0 Å². The lowest BCUT2D eigenvalue weighted by Gasteiger charge is -2.16. The third-order valence-corrected chi connectivity index (χ3v) is 6.04. The second-order valence-electron chi connectivity index (χ2n) is 7.92. The zero-order valence-corrected chi connectivity index (χ0v) is 19.9. The van der Waals surface area contributed by atoms with E-state index in [0.717, 1.165) is 41.9 Å². The van der Waals surface area contributed by atoms with Crippen molar-refractivity contribution >= 4 is 23.2 Å². The number of carbonyl (C=O) groups is 2. The maximum atomic E-state index is 14.8. The van der Waals surface area contributed by atoms with E-state index in [0.29, 0.717) is 10.7 Å². The summed E-state index contributed by atoms with van der Waals surface area (Å²) in [4.78, 5) is 36.0. The molecule has 0 aliphatic heterocycles. The number of aliphatic carboxylic acids is 1. The Morgan fingerprint density at radius 2 is 1.87 bits per heavy atom. The van der Waals surface area contributed by atoms with Crippen molar-refractivity contribution in [1.82, 2.24) is 30.0 Å². The molecular formula is C23H17F5N6O3S. The van der Waals surface area contributed by atoms with Crippen molar-refractivity contribution in [3.05, 3.63) is 77.0 Å². The third kappa shape index (κ3) is 6.16. The molecule has 3 aromatic heterocycles. The monoisotopic (exact) mass is 552 g/mol. The molecule has 0 radical (unpaired) electrons. The van der Waals surface area contributed by atoms with Crippen molar-refractivity contribution in [1.29, 1.82) is 0 Å². The number of thiazole rings is 1. The average Bonchev–Trinajstić information content (AvgIpc) is 3.52. The number of carboxylic acids is 1. The molecule has 3 heterocycles. The van der Waals surface area contributed by atoms with Gasteiger partial charge in [-0.05, 0) is 18.6 Å². The molecular weight excluding hydrogens is 535 g/mol. The van der Waals surface area contributed by atoms with Crippen molar-refractivity contribution in [3.8, 4) is 16.4 Å². The summed E-state index contributed by atoms with van der Waals surface area (Å²) >= 11 is 1.03. The van der Waals surface area contributed by atoms with Gasteiger partial charge in [0, 0.05) is 30.1 Å². The number of aryl methyl sites for hydroxylation is 1. The minimum absolute atomic E-state index is 0.0508. The Morgan fingerprint density at radius 3 is 2.50 bits per heavy atom. The van der Waals surface area contributed by atoms with E-state index < -0.39 is 53.4 Å². The first kappa shape index (κ1) is 26.8. The maximum Gasteiger partial charge on any atom is 0.418 e. The molecule has 0 spiro atoms. The van der Waals surface area contributed by atoms with Gasteiger partial charge in [0.15, 0.2) is 11.5 Å². The molecule has 0 fully saturated rings. The summed E-state index contributed by atoms with van der Waals surface area (Å²) in [7, 11) is 0. The Hall–Kier alpha value is -4.27. The molecule has 1 atom stereocenters. The number of nitrogens with zero attached hydrogens (tertiary/aromatic N) is 5. The lowest BCUT2D eigenvalue weighted by molar-refractivity contribution is -0.138. The van der Waals surface area contributed by atoms with Crippen LogP contribution in [0, 0.1) is 11.6 Å². The van der Waals surface area contributed by atoms with E-state index in [4.69, 9.17) is 0 Å². The highest BCUT2D eigenvalue weighted by molar-refractivity contribution is 7.13. The zero-order valence-electron chi connectivity index (χ0n) is 19.1. The van der Waals surface area contributed by atoms with Gasteiger partial charge in [0.2, 0.25) is 0 Å². The highest BCUT2D eigenvalue weighted by Crippen LogP contribution is 2.37. The van der Waals surface area contributed by atoms with E-state index in [-0.39, 0.29) is 35.1 Å². The molecule has 0 aliphatic rings. The number of halogens is 5. The summed E-state index contributed by atoms with van der Waals surface area (Å²) in [6.45, 7) is 0. The summed E-state index contributed by atoms with van der Waals surface area (Å²) in [5.41, 5.74) is -2.69. The van der Waals surface area contributed by atoms with Crippen LogP contribution in [0.3, 0.4) is 0 Å². The van der Waals surface area contributed by atoms with Crippen molar-refractivity contribution in [2.45, 2.75) is 31.5 Å². The number of amides is 1. The Kier molecular flexibility index (Phi) is 7.75. The topological polar surface area (TPSA) is 123 Å². The lowest BCUT2D eigenvalue weighted by Crippen LogP contribution is -2.37. The third-order valence-electron chi connectivity index (χ3n) is 5.24. The van der Waals surface area contributed by atoms with E-state index >= 15 is 0 Å². The molecule has 4 aromatic rings. The van der Waals surface area contributed by atoms with Crippen LogP contribution < -0.4 is 5.32 Å². The van der Waals surface area contributed by atoms with Gasteiger partial charge in [0.05, 0.1) is 24.4 Å². The van der Waals surface area contributed by atoms with Gasteiger partial charge in [-0.2, -0.15) is 18.3 Å². The van der Waals surface area contributed by atoms with E-state index in [2.05, 4.69) is 25.4 Å². The standard InChI is InChI=1S/C23H17F5N6O3S/c24-12-10-30-18(31-11-12)5-4-13(8-19(35)36)32-21(37)16-9-17(22-29-6-7-38-22)34(33-16)20-14(23(26,27)28)2-1-3-15(20)25/h1-3,6-7,9-11,13H,4-5,8H2,(H,32,37)(H,35,36)/t13-/m0/s1. The van der Waals surface area contributed by atoms with E-state index in [9.17, 15) is 36.6 Å². The maximum absolute atomic E-state index is 14.8. The van der Waals surface area contributed by atoms with Gasteiger partial charge in [-0.3, -0.25) is 9.59 Å². The van der Waals surface area contributed by atoms with Crippen molar-refractivity contribution in [2.24, 2.45) is 0 Å². The van der Waals surface area contributed by atoms with E-state index in [1.54, 1.807) is 5.38 Å². The quantitative estimate of drug-likeness (QED) is 0.297. The highest BCUT2D eigenvalue weighted by atomic mass is 32.1. The molecule has 4 rings (SSSR count). The number of aromatic nitrogens is 5. The lowest BCUT2D eigenvalue weighted by atomic mass is 10.1. The summed E-state index contributed by atoms with van der Waals surface area (Å²) in [6.07, 6.45) is -2.02. The zero-order chi connectivity index (χ0) is 27.4. The average molecular weight is 552 g/mol. The fourth-order valence-corrected chi connectivity index (χ4v) is 4.23. The van der Waals surface area contributed by atoms with Crippen molar-refractivity contribution < 1.29 is 36.6 Å². The van der Waals surface area contributed by atoms with Gasteiger partial charge in [0.25, 0.3) is 5.91 Å². The normalized spacial score (nSPS) is 12.3. The number of nitrogens with one attached hydrogen (secondary N) is 1. The number of para-hydroxylation sites is 1. The minimum Gasteiger partial charge on any atom is -0.481 e. The van der Waals surface area contributed by atoms with Crippen LogP contribution in [-0.4, -0.2) is 47.8 Å². The summed E-state index contributed by atoms with van der Waals surface area (Å²) in [5.74, 6) is -3.80. The van der Waals surface area contributed by atoms with Crippen LogP contribution in [0.2, 0.25) is 0 Å². The molecule has 0 saturated carbocycles. The molecule has 0 bridgehead atoms. The van der Waals surface area contributed by atoms with Gasteiger partial charge < -0.3 is 10.4 Å². The first-order chi connectivity index (χ1) is 18.0. The SMILES string of the molecule is O=C(O)C[C@H](CCc1ncc(F)cn1)NC(=O)c1cc(-c2nccs2)n(-c2c(F)cccc2C(F)(F)F)n1. The van der Waals surface area contributed by atoms with E-state index in [1.165, 1.54) is 6.20 Å². The Bertz CT molecular complexity index is 1440. The van der Waals surface area contributed by atoms with Gasteiger partial charge >= 0.3 is 12.1 Å². The van der Waals surface area contributed by atoms with E-state index in [1.807, 2.05) is 0 Å². The van der Waals surface area contributed by atoms with Crippen LogP contribution in [0.25, 0.3) is 16.4 Å². The molecule has 2 N–H and O–H groups in total. The predicted octanol–water partition coefficient (Wildman–Crippen LogP) is 4.29. The second-order valence-corrected chi connectivity index (χ2v) is 8.82. The Balaban J connectivity index is 1.67. The first-order valence-corrected chi connectivity index (χ1v) is 11.8. The molecule has 1 aromatic carbocycles. The van der Waals surface area contributed by atoms with Crippen molar-refractivity contribution in [3.63, 3.8) is 0 Å². The van der Waals surface area contributed by atoms with Crippen LogP contribution in [0.1, 0.15) is 34.7 Å². The number of hydrogen-bond donors (Lipinski definition) is 2.